The quantitative estimate of drug-likeness (QED) is 0.646. The zero-order chi connectivity index (χ0) is 16.0. The summed E-state index contributed by atoms with van der Waals surface area (Å²) < 4.78 is 0. The Balaban J connectivity index is 2.54. The third kappa shape index (κ3) is 4.31. The van der Waals surface area contributed by atoms with E-state index >= 15 is 0 Å². The van der Waals surface area contributed by atoms with Crippen molar-refractivity contribution in [2.24, 2.45) is 5.92 Å². The first-order valence-electron chi connectivity index (χ1n) is 7.39. The van der Waals surface area contributed by atoms with Gasteiger partial charge in [-0.05, 0) is 19.3 Å². The molecule has 21 heavy (non-hydrogen) atoms. The lowest BCUT2D eigenvalue weighted by molar-refractivity contribution is -0.129. The number of hydrogen-bond acceptors (Lipinski definition) is 4. The molecule has 7 nitrogen and oxygen atoms in total. The highest BCUT2D eigenvalue weighted by Gasteiger charge is 2.33. The molecular formula is C14H27N3O4. The Labute approximate surface area is 125 Å². The largest absolute Gasteiger partial charge is 0.394 e. The van der Waals surface area contributed by atoms with E-state index in [-0.39, 0.29) is 31.1 Å². The molecule has 1 fully saturated rings. The monoisotopic (exact) mass is 301 g/mol. The molecule has 1 aliphatic rings. The molecule has 122 valence electrons. The van der Waals surface area contributed by atoms with Gasteiger partial charge in [0.05, 0.1) is 18.8 Å². The summed E-state index contributed by atoms with van der Waals surface area (Å²) in [5.74, 6) is -0.336. The van der Waals surface area contributed by atoms with Crippen LogP contribution < -0.4 is 5.32 Å². The minimum atomic E-state index is -0.951. The molecular weight excluding hydrogens is 274 g/mol. The van der Waals surface area contributed by atoms with Gasteiger partial charge in [-0.1, -0.05) is 6.92 Å². The number of rotatable bonds is 5. The molecule has 1 heterocycles. The van der Waals surface area contributed by atoms with Crippen LogP contribution in [0.3, 0.4) is 0 Å². The van der Waals surface area contributed by atoms with E-state index < -0.39 is 5.54 Å². The standard InChI is InChI=1S/C14H27N3O4/c1-4-14(9-18,10-19)15-12(20)11-5-7-17(8-6-11)13(21)16(2)3/h11,18-19H,4-10H2,1-3H3,(H,15,20). The number of carbonyl (C=O) groups is 2. The summed E-state index contributed by atoms with van der Waals surface area (Å²) in [6, 6.07) is -0.0394. The third-order valence-electron chi connectivity index (χ3n) is 4.19. The van der Waals surface area contributed by atoms with E-state index in [0.717, 1.165) is 0 Å². The van der Waals surface area contributed by atoms with Crippen molar-refractivity contribution in [3.8, 4) is 0 Å². The highest BCUT2D eigenvalue weighted by Crippen LogP contribution is 2.20. The Morgan fingerprint density at radius 3 is 2.14 bits per heavy atom. The second-order valence-electron chi connectivity index (χ2n) is 5.88. The maximum Gasteiger partial charge on any atom is 0.319 e. The van der Waals surface area contributed by atoms with Gasteiger partial charge >= 0.3 is 6.03 Å². The first-order valence-corrected chi connectivity index (χ1v) is 7.39. The number of likely N-dealkylation sites (tertiary alicyclic amines) is 1. The zero-order valence-corrected chi connectivity index (χ0v) is 13.1. The molecule has 3 N–H and O–H groups in total. The van der Waals surface area contributed by atoms with Crippen LogP contribution in [0.4, 0.5) is 4.79 Å². The molecule has 0 aliphatic carbocycles. The Morgan fingerprint density at radius 2 is 1.76 bits per heavy atom. The van der Waals surface area contributed by atoms with Crippen LogP contribution in [0.25, 0.3) is 0 Å². The Kier molecular flexibility index (Phi) is 6.42. The van der Waals surface area contributed by atoms with Crippen molar-refractivity contribution in [3.05, 3.63) is 0 Å². The number of nitrogens with zero attached hydrogens (tertiary/aromatic N) is 2. The van der Waals surface area contributed by atoms with E-state index in [1.54, 1.807) is 19.0 Å². The van der Waals surface area contributed by atoms with Crippen LogP contribution in [0, 0.1) is 5.92 Å². The van der Waals surface area contributed by atoms with E-state index in [1.807, 2.05) is 6.92 Å². The van der Waals surface area contributed by atoms with Gasteiger partial charge in [0.1, 0.15) is 0 Å². The molecule has 7 heteroatoms. The number of piperidine rings is 1. The SMILES string of the molecule is CCC(CO)(CO)NC(=O)C1CCN(C(=O)N(C)C)CC1. The fraction of sp³-hybridized carbons (Fsp3) is 0.857. The van der Waals surface area contributed by atoms with Gasteiger partial charge in [0.15, 0.2) is 0 Å². The molecule has 0 atom stereocenters. The Hall–Kier alpha value is -1.34. The molecule has 3 amide bonds. The van der Waals surface area contributed by atoms with Crippen LogP contribution in [0.15, 0.2) is 0 Å². The average Bonchev–Trinajstić information content (AvgIpc) is 2.52. The van der Waals surface area contributed by atoms with E-state index in [9.17, 15) is 19.8 Å². The molecule has 0 spiro atoms. The van der Waals surface area contributed by atoms with Gasteiger partial charge in [0.25, 0.3) is 0 Å². The summed E-state index contributed by atoms with van der Waals surface area (Å²) in [5, 5.41) is 21.5. The van der Waals surface area contributed by atoms with Crippen molar-refractivity contribution in [2.75, 3.05) is 40.4 Å². The molecule has 0 aromatic carbocycles. The fourth-order valence-corrected chi connectivity index (χ4v) is 2.42. The van der Waals surface area contributed by atoms with Crippen molar-refractivity contribution < 1.29 is 19.8 Å². The Morgan fingerprint density at radius 1 is 1.24 bits per heavy atom. The van der Waals surface area contributed by atoms with E-state index in [1.165, 1.54) is 4.90 Å². The maximum absolute atomic E-state index is 12.3. The van der Waals surface area contributed by atoms with Crippen LogP contribution in [-0.2, 0) is 4.79 Å². The minimum Gasteiger partial charge on any atom is -0.394 e. The van der Waals surface area contributed by atoms with Crippen molar-refractivity contribution in [2.45, 2.75) is 31.7 Å². The topological polar surface area (TPSA) is 93.1 Å². The number of urea groups is 1. The molecule has 0 bridgehead atoms. The van der Waals surface area contributed by atoms with Crippen molar-refractivity contribution >= 4 is 11.9 Å². The fourth-order valence-electron chi connectivity index (χ4n) is 2.42. The second-order valence-corrected chi connectivity index (χ2v) is 5.88. The van der Waals surface area contributed by atoms with Gasteiger partial charge in [0.2, 0.25) is 5.91 Å². The molecule has 0 unspecified atom stereocenters. The van der Waals surface area contributed by atoms with Crippen LogP contribution in [0.2, 0.25) is 0 Å². The molecule has 1 rings (SSSR count). The number of hydrogen-bond donors (Lipinski definition) is 3. The van der Waals surface area contributed by atoms with Crippen LogP contribution in [0.5, 0.6) is 0 Å². The smallest absolute Gasteiger partial charge is 0.319 e. The molecule has 0 aromatic heterocycles. The summed E-state index contributed by atoms with van der Waals surface area (Å²) in [6.07, 6.45) is 1.66. The van der Waals surface area contributed by atoms with Gasteiger partial charge in [0, 0.05) is 33.1 Å². The van der Waals surface area contributed by atoms with Crippen molar-refractivity contribution in [1.29, 1.82) is 0 Å². The summed E-state index contributed by atoms with van der Waals surface area (Å²) in [6.45, 7) is 2.33. The van der Waals surface area contributed by atoms with E-state index in [4.69, 9.17) is 0 Å². The second kappa shape index (κ2) is 7.61. The number of carbonyl (C=O) groups excluding carboxylic acids is 2. The first kappa shape index (κ1) is 17.7. The van der Waals surface area contributed by atoms with Crippen molar-refractivity contribution in [1.82, 2.24) is 15.1 Å². The normalized spacial score (nSPS) is 16.7. The van der Waals surface area contributed by atoms with Crippen LogP contribution in [-0.4, -0.2) is 77.9 Å². The van der Waals surface area contributed by atoms with Gasteiger partial charge in [-0.15, -0.1) is 0 Å². The van der Waals surface area contributed by atoms with Gasteiger partial charge < -0.3 is 25.3 Å². The number of aliphatic hydroxyl groups excluding tert-OH is 2. The summed E-state index contributed by atoms with van der Waals surface area (Å²) >= 11 is 0. The lowest BCUT2D eigenvalue weighted by atomic mass is 9.92. The number of aliphatic hydroxyl groups is 2. The highest BCUT2D eigenvalue weighted by molar-refractivity contribution is 5.80. The molecule has 0 saturated carbocycles. The lowest BCUT2D eigenvalue weighted by Gasteiger charge is -2.36. The summed E-state index contributed by atoms with van der Waals surface area (Å²) in [5.41, 5.74) is -0.951. The summed E-state index contributed by atoms with van der Waals surface area (Å²) in [7, 11) is 3.42. The van der Waals surface area contributed by atoms with Gasteiger partial charge in [-0.2, -0.15) is 0 Å². The van der Waals surface area contributed by atoms with Crippen LogP contribution >= 0.6 is 0 Å². The predicted octanol–water partition coefficient (Wildman–Crippen LogP) is -0.370. The average molecular weight is 301 g/mol. The van der Waals surface area contributed by atoms with E-state index in [2.05, 4.69) is 5.32 Å². The molecule has 0 aromatic rings. The maximum atomic E-state index is 12.3. The minimum absolute atomic E-state index is 0.0394. The molecule has 1 saturated heterocycles. The highest BCUT2D eigenvalue weighted by atomic mass is 16.3. The number of nitrogens with one attached hydrogen (secondary N) is 1. The first-order chi connectivity index (χ1) is 9.89. The predicted molar refractivity (Wildman–Crippen MR) is 78.7 cm³/mol. The van der Waals surface area contributed by atoms with E-state index in [0.29, 0.717) is 32.4 Å². The van der Waals surface area contributed by atoms with Gasteiger partial charge in [-0.25, -0.2) is 4.79 Å². The molecule has 1 aliphatic heterocycles. The third-order valence-corrected chi connectivity index (χ3v) is 4.19. The van der Waals surface area contributed by atoms with Crippen molar-refractivity contribution in [3.63, 3.8) is 0 Å². The lowest BCUT2D eigenvalue weighted by Crippen LogP contribution is -2.56. The number of amides is 3. The summed E-state index contributed by atoms with van der Waals surface area (Å²) in [4.78, 5) is 27.3. The van der Waals surface area contributed by atoms with Crippen LogP contribution in [0.1, 0.15) is 26.2 Å². The Bertz CT molecular complexity index is 353. The van der Waals surface area contributed by atoms with Gasteiger partial charge in [-0.3, -0.25) is 4.79 Å². The molecule has 0 radical (unpaired) electrons. The zero-order valence-electron chi connectivity index (χ0n) is 13.1.